The summed E-state index contributed by atoms with van der Waals surface area (Å²) in [4.78, 5) is 17.9. The summed E-state index contributed by atoms with van der Waals surface area (Å²) < 4.78 is 24.3. The third kappa shape index (κ3) is 8.08. The molecule has 7 heteroatoms. The van der Waals surface area contributed by atoms with E-state index in [1.165, 1.54) is 0 Å². The molecular weight excluding hydrogens is 534 g/mol. The molecule has 210 valence electrons. The molecule has 1 aliphatic heterocycles. The Morgan fingerprint density at radius 3 is 2.39 bits per heavy atom. The van der Waals surface area contributed by atoms with Crippen LogP contribution in [0.2, 0.25) is 0 Å². The van der Waals surface area contributed by atoms with Crippen LogP contribution < -0.4 is 0 Å². The predicted molar refractivity (Wildman–Crippen MR) is 161 cm³/mol. The number of carbonyl (C=O) groups is 1. The number of nitrogens with zero attached hydrogens (tertiary/aromatic N) is 1. The Labute approximate surface area is 244 Å². The van der Waals surface area contributed by atoms with Gasteiger partial charge in [-0.05, 0) is 47.7 Å². The van der Waals surface area contributed by atoms with Crippen LogP contribution in [-0.4, -0.2) is 42.5 Å². The summed E-state index contributed by atoms with van der Waals surface area (Å²) in [6.07, 6.45) is 4.11. The Hall–Kier alpha value is -3.88. The first-order valence-corrected chi connectivity index (χ1v) is 14.6. The summed E-state index contributed by atoms with van der Waals surface area (Å²) >= 11 is 1.61. The predicted octanol–water partition coefficient (Wildman–Crippen LogP) is 6.88. The van der Waals surface area contributed by atoms with Crippen LogP contribution >= 0.6 is 11.3 Å². The lowest BCUT2D eigenvalue weighted by molar-refractivity contribution is -0.143. The second-order valence-electron chi connectivity index (χ2n) is 9.52. The number of aromatic nitrogens is 1. The number of pyridine rings is 1. The number of carbonyl (C=O) groups excluding carboxylic acids is 1. The maximum atomic E-state index is 13.2. The van der Waals surface area contributed by atoms with E-state index in [4.69, 9.17) is 23.9 Å². The van der Waals surface area contributed by atoms with Gasteiger partial charge in [-0.2, -0.15) is 11.3 Å². The molecule has 2 aromatic carbocycles. The molecule has 2 aromatic heterocycles. The summed E-state index contributed by atoms with van der Waals surface area (Å²) in [5, 5.41) is 4.06. The Morgan fingerprint density at radius 2 is 1.68 bits per heavy atom. The highest BCUT2D eigenvalue weighted by molar-refractivity contribution is 7.08. The summed E-state index contributed by atoms with van der Waals surface area (Å²) in [5.74, 6) is -0.447. The van der Waals surface area contributed by atoms with Crippen molar-refractivity contribution in [2.24, 2.45) is 0 Å². The zero-order valence-electron chi connectivity index (χ0n) is 22.9. The molecule has 0 radical (unpaired) electrons. The van der Waals surface area contributed by atoms with Gasteiger partial charge in [0.25, 0.3) is 0 Å². The first-order chi connectivity index (χ1) is 20.2. The van der Waals surface area contributed by atoms with Crippen LogP contribution in [-0.2, 0) is 37.0 Å². The quantitative estimate of drug-likeness (QED) is 0.106. The molecule has 0 fully saturated rings. The van der Waals surface area contributed by atoms with Crippen LogP contribution in [0, 0.1) is 0 Å². The molecule has 4 aromatic rings. The zero-order valence-corrected chi connectivity index (χ0v) is 23.7. The molecule has 0 N–H and O–H groups in total. The number of hydrogen-bond acceptors (Lipinski definition) is 7. The number of esters is 1. The lowest BCUT2D eigenvalue weighted by Gasteiger charge is -2.33. The maximum Gasteiger partial charge on any atom is 0.337 e. The topological polar surface area (TPSA) is 66.9 Å². The molecule has 0 saturated carbocycles. The minimum absolute atomic E-state index is 0.251. The summed E-state index contributed by atoms with van der Waals surface area (Å²) in [6.45, 7) is 3.20. The van der Waals surface area contributed by atoms with E-state index in [1.807, 2.05) is 108 Å². The fourth-order valence-electron chi connectivity index (χ4n) is 4.49. The van der Waals surface area contributed by atoms with Crippen molar-refractivity contribution >= 4 is 23.4 Å². The number of rotatable bonds is 12. The highest BCUT2D eigenvalue weighted by Gasteiger charge is 2.33. The minimum atomic E-state index is -0.650. The Balaban J connectivity index is 1.38. The first kappa shape index (κ1) is 28.6. The summed E-state index contributed by atoms with van der Waals surface area (Å²) in [5.41, 5.74) is 5.02. The molecule has 1 aliphatic rings. The standard InChI is InChI=1S/C34H33NO5S/c1-2-38-34(36)29(20-28-14-9-15-30(35-28)27-18-19-41-24-27)31-16-17-32(39-22-26-12-7-4-8-13-26)33(40-31)23-37-21-25-10-5-3-6-11-25/h3-20,24,31-33H,2,21-23H2,1H3/b29-20+/t31-,32+,33-/m1/s1. The molecule has 0 unspecified atom stereocenters. The summed E-state index contributed by atoms with van der Waals surface area (Å²) in [6, 6.07) is 27.8. The fourth-order valence-corrected chi connectivity index (χ4v) is 5.14. The third-order valence-electron chi connectivity index (χ3n) is 6.55. The van der Waals surface area contributed by atoms with Gasteiger partial charge in [0, 0.05) is 10.9 Å². The van der Waals surface area contributed by atoms with Crippen molar-refractivity contribution in [2.45, 2.75) is 38.4 Å². The lowest BCUT2D eigenvalue weighted by atomic mass is 10.0. The average molecular weight is 568 g/mol. The van der Waals surface area contributed by atoms with Crippen molar-refractivity contribution < 1.29 is 23.7 Å². The van der Waals surface area contributed by atoms with Crippen molar-refractivity contribution in [3.8, 4) is 11.3 Å². The molecule has 0 saturated heterocycles. The van der Waals surface area contributed by atoms with Gasteiger partial charge in [0.2, 0.25) is 0 Å². The normalized spacial score (nSPS) is 18.8. The molecule has 3 heterocycles. The van der Waals surface area contributed by atoms with Gasteiger partial charge in [-0.3, -0.25) is 0 Å². The van der Waals surface area contributed by atoms with Gasteiger partial charge in [-0.1, -0.05) is 78.9 Å². The number of ether oxygens (including phenoxy) is 4. The first-order valence-electron chi connectivity index (χ1n) is 13.7. The van der Waals surface area contributed by atoms with Gasteiger partial charge in [0.1, 0.15) is 18.3 Å². The molecule has 0 spiro atoms. The Morgan fingerprint density at radius 1 is 0.927 bits per heavy atom. The molecule has 41 heavy (non-hydrogen) atoms. The highest BCUT2D eigenvalue weighted by Crippen LogP contribution is 2.26. The van der Waals surface area contributed by atoms with E-state index in [1.54, 1.807) is 24.3 Å². The largest absolute Gasteiger partial charge is 0.463 e. The van der Waals surface area contributed by atoms with Gasteiger partial charge in [-0.15, -0.1) is 0 Å². The minimum Gasteiger partial charge on any atom is -0.463 e. The van der Waals surface area contributed by atoms with E-state index >= 15 is 0 Å². The van der Waals surface area contributed by atoms with Crippen LogP contribution in [0.4, 0.5) is 0 Å². The average Bonchev–Trinajstić information content (AvgIpc) is 3.56. The van der Waals surface area contributed by atoms with Gasteiger partial charge in [0.05, 0.1) is 43.4 Å². The number of thiophene rings is 1. The van der Waals surface area contributed by atoms with Gasteiger partial charge >= 0.3 is 5.97 Å². The highest BCUT2D eigenvalue weighted by atomic mass is 32.1. The SMILES string of the molecule is CCOC(=O)/C(=C/c1cccc(-c2ccsc2)n1)[C@H]1C=C[C@H](OCc2ccccc2)[C@@H](COCc2ccccc2)O1. The van der Waals surface area contributed by atoms with Crippen LogP contribution in [0.3, 0.4) is 0 Å². The van der Waals surface area contributed by atoms with E-state index in [0.29, 0.717) is 24.5 Å². The third-order valence-corrected chi connectivity index (χ3v) is 7.23. The van der Waals surface area contributed by atoms with Crippen LogP contribution in [0.1, 0.15) is 23.7 Å². The Kier molecular flexibility index (Phi) is 10.2. The molecule has 3 atom stereocenters. The van der Waals surface area contributed by atoms with Crippen LogP contribution in [0.15, 0.2) is 113 Å². The fraction of sp³-hybridized carbons (Fsp3) is 0.235. The second-order valence-corrected chi connectivity index (χ2v) is 10.3. The molecule has 0 amide bonds. The van der Waals surface area contributed by atoms with E-state index in [9.17, 15) is 4.79 Å². The van der Waals surface area contributed by atoms with E-state index < -0.39 is 18.2 Å². The lowest BCUT2D eigenvalue weighted by Crippen LogP contribution is -2.41. The van der Waals surface area contributed by atoms with Crippen LogP contribution in [0.25, 0.3) is 17.3 Å². The molecule has 6 nitrogen and oxygen atoms in total. The van der Waals surface area contributed by atoms with Gasteiger partial charge in [0.15, 0.2) is 0 Å². The number of hydrogen-bond donors (Lipinski definition) is 0. The monoisotopic (exact) mass is 567 g/mol. The van der Waals surface area contributed by atoms with Gasteiger partial charge < -0.3 is 18.9 Å². The van der Waals surface area contributed by atoms with E-state index in [2.05, 4.69) is 0 Å². The van der Waals surface area contributed by atoms with E-state index in [0.717, 1.165) is 22.4 Å². The smallest absolute Gasteiger partial charge is 0.337 e. The maximum absolute atomic E-state index is 13.2. The second kappa shape index (κ2) is 14.7. The number of benzene rings is 2. The van der Waals surface area contributed by atoms with E-state index in [-0.39, 0.29) is 19.3 Å². The molecule has 0 aliphatic carbocycles. The summed E-state index contributed by atoms with van der Waals surface area (Å²) in [7, 11) is 0. The van der Waals surface area contributed by atoms with Crippen molar-refractivity contribution in [3.63, 3.8) is 0 Å². The van der Waals surface area contributed by atoms with Crippen molar-refractivity contribution in [1.82, 2.24) is 4.98 Å². The molecule has 5 rings (SSSR count). The van der Waals surface area contributed by atoms with Crippen molar-refractivity contribution in [2.75, 3.05) is 13.2 Å². The Bertz CT molecular complexity index is 1440. The van der Waals surface area contributed by atoms with Gasteiger partial charge in [-0.25, -0.2) is 9.78 Å². The van der Waals surface area contributed by atoms with Crippen LogP contribution in [0.5, 0.6) is 0 Å². The zero-order chi connectivity index (χ0) is 28.3. The van der Waals surface area contributed by atoms with Crippen molar-refractivity contribution in [1.29, 1.82) is 0 Å². The molecule has 0 bridgehead atoms. The molecular formula is C34H33NO5S. The van der Waals surface area contributed by atoms with Crippen molar-refractivity contribution in [3.05, 3.63) is 130 Å².